The third kappa shape index (κ3) is 5.59. The fraction of sp³-hybridized carbons (Fsp3) is 0.500. The molecule has 0 radical (unpaired) electrons. The highest BCUT2D eigenvalue weighted by atomic mass is 32.2. The first-order valence-electron chi connectivity index (χ1n) is 7.70. The van der Waals surface area contributed by atoms with Crippen LogP contribution in [0, 0.1) is 5.82 Å². The van der Waals surface area contributed by atoms with Crippen molar-refractivity contribution in [2.24, 2.45) is 0 Å². The molecule has 1 heterocycles. The quantitative estimate of drug-likeness (QED) is 0.767. The molecule has 1 amide bonds. The predicted octanol–water partition coefficient (Wildman–Crippen LogP) is 0.993. The Bertz CT molecular complexity index is 702. The lowest BCUT2D eigenvalue weighted by molar-refractivity contribution is -0.155. The number of aryl methyl sites for hydroxylation is 1. The van der Waals surface area contributed by atoms with Crippen molar-refractivity contribution in [3.05, 3.63) is 35.6 Å². The smallest absolute Gasteiger partial charge is 0.306 e. The third-order valence-electron chi connectivity index (χ3n) is 3.79. The molecule has 2 atom stereocenters. The lowest BCUT2D eigenvalue weighted by atomic mass is 10.1. The number of halogens is 1. The number of sulfone groups is 1. The van der Waals surface area contributed by atoms with E-state index in [9.17, 15) is 22.4 Å². The number of esters is 1. The summed E-state index contributed by atoms with van der Waals surface area (Å²) in [5.74, 6) is -1.41. The standard InChI is InChI=1S/C16H20FNO5S/c1-11(16(20)18-14-8-9-24(21,22)10-14)23-15(19)7-4-12-2-5-13(17)6-3-12/h2-3,5-6,11,14H,4,7-10H2,1H3,(H,18,20)/t11-,14-/m0/s1. The topological polar surface area (TPSA) is 89.5 Å². The highest BCUT2D eigenvalue weighted by Gasteiger charge is 2.30. The van der Waals surface area contributed by atoms with Crippen LogP contribution >= 0.6 is 0 Å². The van der Waals surface area contributed by atoms with E-state index >= 15 is 0 Å². The molecule has 1 aromatic rings. The van der Waals surface area contributed by atoms with Crippen LogP contribution in [0.4, 0.5) is 4.39 Å². The lowest BCUT2D eigenvalue weighted by Gasteiger charge is -2.16. The van der Waals surface area contributed by atoms with Crippen molar-refractivity contribution in [2.75, 3.05) is 11.5 Å². The maximum absolute atomic E-state index is 12.8. The molecule has 0 aliphatic carbocycles. The molecule has 1 aliphatic heterocycles. The Morgan fingerprint density at radius 3 is 2.58 bits per heavy atom. The summed E-state index contributed by atoms with van der Waals surface area (Å²) in [6, 6.07) is 5.36. The van der Waals surface area contributed by atoms with Crippen LogP contribution in [0.5, 0.6) is 0 Å². The summed E-state index contributed by atoms with van der Waals surface area (Å²) in [4.78, 5) is 23.7. The fourth-order valence-corrected chi connectivity index (χ4v) is 4.11. The molecule has 0 saturated carbocycles. The zero-order valence-electron chi connectivity index (χ0n) is 13.3. The number of amides is 1. The zero-order valence-corrected chi connectivity index (χ0v) is 14.1. The molecule has 1 aliphatic rings. The van der Waals surface area contributed by atoms with Gasteiger partial charge in [-0.3, -0.25) is 9.59 Å². The minimum Gasteiger partial charge on any atom is -0.453 e. The van der Waals surface area contributed by atoms with E-state index in [0.29, 0.717) is 12.8 Å². The molecule has 0 aromatic heterocycles. The first-order chi connectivity index (χ1) is 11.2. The Morgan fingerprint density at radius 1 is 1.33 bits per heavy atom. The minimum atomic E-state index is -3.08. The van der Waals surface area contributed by atoms with Crippen LogP contribution in [0.15, 0.2) is 24.3 Å². The van der Waals surface area contributed by atoms with Crippen LogP contribution in [0.1, 0.15) is 25.3 Å². The Hall–Kier alpha value is -1.96. The van der Waals surface area contributed by atoms with Crippen molar-refractivity contribution in [1.29, 1.82) is 0 Å². The second kappa shape index (κ2) is 7.74. The van der Waals surface area contributed by atoms with Gasteiger partial charge in [-0.2, -0.15) is 0 Å². The van der Waals surface area contributed by atoms with Crippen LogP contribution in [0.2, 0.25) is 0 Å². The van der Waals surface area contributed by atoms with E-state index in [-0.39, 0.29) is 23.7 Å². The molecule has 2 rings (SSSR count). The molecule has 0 spiro atoms. The van der Waals surface area contributed by atoms with E-state index in [4.69, 9.17) is 4.74 Å². The van der Waals surface area contributed by atoms with E-state index < -0.39 is 33.9 Å². The van der Waals surface area contributed by atoms with Crippen molar-refractivity contribution in [2.45, 2.75) is 38.3 Å². The van der Waals surface area contributed by atoms with Crippen LogP contribution in [0.25, 0.3) is 0 Å². The number of nitrogens with one attached hydrogen (secondary N) is 1. The highest BCUT2D eigenvalue weighted by molar-refractivity contribution is 7.91. The molecule has 6 nitrogen and oxygen atoms in total. The third-order valence-corrected chi connectivity index (χ3v) is 5.56. The fourth-order valence-electron chi connectivity index (χ4n) is 2.43. The Balaban J connectivity index is 1.74. The maximum atomic E-state index is 12.8. The molecule has 132 valence electrons. The average molecular weight is 357 g/mol. The van der Waals surface area contributed by atoms with Crippen molar-refractivity contribution in [1.82, 2.24) is 5.32 Å². The Labute approximate surface area is 140 Å². The molecular formula is C16H20FNO5S. The number of carbonyl (C=O) groups excluding carboxylic acids is 2. The van der Waals surface area contributed by atoms with Crippen molar-refractivity contribution >= 4 is 21.7 Å². The first kappa shape index (κ1) is 18.4. The molecular weight excluding hydrogens is 337 g/mol. The molecule has 0 bridgehead atoms. The lowest BCUT2D eigenvalue weighted by Crippen LogP contribution is -2.42. The van der Waals surface area contributed by atoms with Crippen molar-refractivity contribution in [3.8, 4) is 0 Å². The van der Waals surface area contributed by atoms with Crippen LogP contribution in [-0.4, -0.2) is 43.9 Å². The van der Waals surface area contributed by atoms with E-state index in [1.165, 1.54) is 19.1 Å². The summed E-state index contributed by atoms with van der Waals surface area (Å²) in [5.41, 5.74) is 0.793. The molecule has 1 aromatic carbocycles. The zero-order chi connectivity index (χ0) is 17.7. The van der Waals surface area contributed by atoms with Gasteiger partial charge in [0, 0.05) is 12.5 Å². The molecule has 0 unspecified atom stereocenters. The van der Waals surface area contributed by atoms with E-state index in [1.54, 1.807) is 12.1 Å². The number of rotatable bonds is 6. The summed E-state index contributed by atoms with van der Waals surface area (Å²) in [5, 5.41) is 2.58. The van der Waals surface area contributed by atoms with E-state index in [2.05, 4.69) is 5.32 Å². The minimum absolute atomic E-state index is 0.0593. The van der Waals surface area contributed by atoms with Gasteiger partial charge in [-0.1, -0.05) is 12.1 Å². The molecule has 24 heavy (non-hydrogen) atoms. The molecule has 8 heteroatoms. The van der Waals surface area contributed by atoms with Gasteiger partial charge in [-0.25, -0.2) is 12.8 Å². The second-order valence-corrected chi connectivity index (χ2v) is 8.10. The number of ether oxygens (including phenoxy) is 1. The SMILES string of the molecule is C[C@H](OC(=O)CCc1ccc(F)cc1)C(=O)N[C@H]1CCS(=O)(=O)C1. The van der Waals surface area contributed by atoms with E-state index in [1.807, 2.05) is 0 Å². The molecule has 1 saturated heterocycles. The normalized spacial score (nSPS) is 20.3. The summed E-state index contributed by atoms with van der Waals surface area (Å²) < 4.78 is 40.5. The molecule has 1 N–H and O–H groups in total. The highest BCUT2D eigenvalue weighted by Crippen LogP contribution is 2.12. The number of benzene rings is 1. The predicted molar refractivity (Wildman–Crippen MR) is 85.5 cm³/mol. The maximum Gasteiger partial charge on any atom is 0.306 e. The average Bonchev–Trinajstić information content (AvgIpc) is 2.85. The first-order valence-corrected chi connectivity index (χ1v) is 9.52. The van der Waals surface area contributed by atoms with Crippen LogP contribution < -0.4 is 5.32 Å². The monoisotopic (exact) mass is 357 g/mol. The van der Waals surface area contributed by atoms with Gasteiger partial charge in [0.2, 0.25) is 0 Å². The summed E-state index contributed by atoms with van der Waals surface area (Å²) in [7, 11) is -3.08. The Morgan fingerprint density at radius 2 is 2.00 bits per heavy atom. The summed E-state index contributed by atoms with van der Waals surface area (Å²) in [6.07, 6.45) is -0.164. The van der Waals surface area contributed by atoms with Gasteiger partial charge >= 0.3 is 5.97 Å². The van der Waals surface area contributed by atoms with Crippen LogP contribution in [-0.2, 0) is 30.6 Å². The second-order valence-electron chi connectivity index (χ2n) is 5.87. The van der Waals surface area contributed by atoms with Gasteiger partial charge in [0.15, 0.2) is 15.9 Å². The van der Waals surface area contributed by atoms with E-state index in [0.717, 1.165) is 5.56 Å². The van der Waals surface area contributed by atoms with Gasteiger partial charge in [0.1, 0.15) is 5.82 Å². The van der Waals surface area contributed by atoms with Gasteiger partial charge < -0.3 is 10.1 Å². The number of hydrogen-bond donors (Lipinski definition) is 1. The van der Waals surface area contributed by atoms with Gasteiger partial charge in [-0.15, -0.1) is 0 Å². The van der Waals surface area contributed by atoms with Gasteiger partial charge in [0.25, 0.3) is 5.91 Å². The molecule has 1 fully saturated rings. The summed E-state index contributed by atoms with van der Waals surface area (Å²) >= 11 is 0. The van der Waals surface area contributed by atoms with Crippen LogP contribution in [0.3, 0.4) is 0 Å². The largest absolute Gasteiger partial charge is 0.453 e. The van der Waals surface area contributed by atoms with Crippen molar-refractivity contribution < 1.29 is 27.1 Å². The number of hydrogen-bond acceptors (Lipinski definition) is 5. The van der Waals surface area contributed by atoms with Crippen molar-refractivity contribution in [3.63, 3.8) is 0 Å². The Kier molecular flexibility index (Phi) is 5.93. The number of carbonyl (C=O) groups is 2. The summed E-state index contributed by atoms with van der Waals surface area (Å²) in [6.45, 7) is 1.44. The van der Waals surface area contributed by atoms with Gasteiger partial charge in [-0.05, 0) is 37.5 Å². The van der Waals surface area contributed by atoms with Gasteiger partial charge in [0.05, 0.1) is 11.5 Å².